The van der Waals surface area contributed by atoms with Crippen molar-refractivity contribution in [1.82, 2.24) is 5.32 Å². The van der Waals surface area contributed by atoms with E-state index in [2.05, 4.69) is 10.6 Å². The van der Waals surface area contributed by atoms with E-state index in [1.165, 1.54) is 0 Å². The molecule has 0 radical (unpaired) electrons. The molecule has 134 valence electrons. The molecule has 0 unspecified atom stereocenters. The zero-order chi connectivity index (χ0) is 18.2. The second kappa shape index (κ2) is 8.82. The van der Waals surface area contributed by atoms with Crippen LogP contribution in [0.15, 0.2) is 36.4 Å². The first kappa shape index (κ1) is 18.4. The van der Waals surface area contributed by atoms with Crippen molar-refractivity contribution in [2.45, 2.75) is 20.3 Å². The summed E-state index contributed by atoms with van der Waals surface area (Å²) in [6.07, 6.45) is 0.649. The number of amides is 2. The van der Waals surface area contributed by atoms with Crippen LogP contribution in [0.3, 0.4) is 0 Å². The second-order valence-corrected chi connectivity index (χ2v) is 5.57. The molecule has 0 fully saturated rings. The number of methoxy groups -OCH3 is 1. The van der Waals surface area contributed by atoms with Crippen LogP contribution in [-0.2, 0) is 6.42 Å². The molecule has 6 nitrogen and oxygen atoms in total. The summed E-state index contributed by atoms with van der Waals surface area (Å²) < 4.78 is 10.8. The number of phenolic OH excluding ortho intramolecular Hbond substituents is 1. The van der Waals surface area contributed by atoms with E-state index in [9.17, 15) is 9.90 Å². The molecule has 0 aromatic heterocycles. The highest BCUT2D eigenvalue weighted by Crippen LogP contribution is 2.28. The molecule has 0 saturated carbocycles. The van der Waals surface area contributed by atoms with E-state index in [0.29, 0.717) is 36.8 Å². The fraction of sp³-hybridized carbons (Fsp3) is 0.316. The van der Waals surface area contributed by atoms with Gasteiger partial charge in [-0.15, -0.1) is 0 Å². The van der Waals surface area contributed by atoms with Gasteiger partial charge in [-0.1, -0.05) is 12.1 Å². The standard InChI is InChI=1S/C19H24N2O4/c1-4-25-17-8-6-14(12-18(17)24-3)9-10-20-19(23)21-15-11-13(2)5-7-16(15)22/h5-8,11-12,22H,4,9-10H2,1-3H3,(H2,20,21,23). The van der Waals surface area contributed by atoms with Gasteiger partial charge in [-0.05, 0) is 55.7 Å². The molecule has 6 heteroatoms. The number of carbonyl (C=O) groups is 1. The number of hydrogen-bond donors (Lipinski definition) is 3. The molecule has 0 aliphatic carbocycles. The Labute approximate surface area is 147 Å². The Balaban J connectivity index is 1.87. The fourth-order valence-corrected chi connectivity index (χ4v) is 2.38. The zero-order valence-electron chi connectivity index (χ0n) is 14.8. The highest BCUT2D eigenvalue weighted by molar-refractivity contribution is 5.90. The number of aryl methyl sites for hydroxylation is 1. The first-order chi connectivity index (χ1) is 12.0. The number of phenols is 1. The average Bonchev–Trinajstić information content (AvgIpc) is 2.59. The molecule has 0 aliphatic heterocycles. The number of rotatable bonds is 7. The van der Waals surface area contributed by atoms with Gasteiger partial charge in [-0.2, -0.15) is 0 Å². The van der Waals surface area contributed by atoms with E-state index in [0.717, 1.165) is 11.1 Å². The number of anilines is 1. The lowest BCUT2D eigenvalue weighted by atomic mass is 10.1. The van der Waals surface area contributed by atoms with Gasteiger partial charge in [0, 0.05) is 6.54 Å². The Hall–Kier alpha value is -2.89. The monoisotopic (exact) mass is 344 g/mol. The summed E-state index contributed by atoms with van der Waals surface area (Å²) in [6, 6.07) is 10.4. The molecule has 2 aromatic rings. The summed E-state index contributed by atoms with van der Waals surface area (Å²) >= 11 is 0. The van der Waals surface area contributed by atoms with Gasteiger partial charge in [-0.3, -0.25) is 0 Å². The molecule has 0 bridgehead atoms. The lowest BCUT2D eigenvalue weighted by Gasteiger charge is -2.12. The van der Waals surface area contributed by atoms with Crippen molar-refractivity contribution < 1.29 is 19.4 Å². The maximum Gasteiger partial charge on any atom is 0.319 e. The van der Waals surface area contributed by atoms with Crippen molar-refractivity contribution in [2.24, 2.45) is 0 Å². The highest BCUT2D eigenvalue weighted by atomic mass is 16.5. The van der Waals surface area contributed by atoms with Crippen LogP contribution >= 0.6 is 0 Å². The first-order valence-corrected chi connectivity index (χ1v) is 8.17. The number of ether oxygens (including phenoxy) is 2. The smallest absolute Gasteiger partial charge is 0.319 e. The fourth-order valence-electron chi connectivity index (χ4n) is 2.38. The van der Waals surface area contributed by atoms with Crippen LogP contribution in [0.2, 0.25) is 0 Å². The molecule has 2 aromatic carbocycles. The first-order valence-electron chi connectivity index (χ1n) is 8.17. The molecule has 0 atom stereocenters. The minimum Gasteiger partial charge on any atom is -0.506 e. The zero-order valence-corrected chi connectivity index (χ0v) is 14.8. The van der Waals surface area contributed by atoms with Gasteiger partial charge < -0.3 is 25.2 Å². The Morgan fingerprint density at radius 1 is 1.16 bits per heavy atom. The molecular formula is C19H24N2O4. The van der Waals surface area contributed by atoms with Crippen LogP contribution in [-0.4, -0.2) is 31.4 Å². The Bertz CT molecular complexity index is 731. The van der Waals surface area contributed by atoms with E-state index in [1.54, 1.807) is 25.3 Å². The van der Waals surface area contributed by atoms with Crippen LogP contribution < -0.4 is 20.1 Å². The van der Waals surface area contributed by atoms with Crippen LogP contribution in [0.4, 0.5) is 10.5 Å². The number of aromatic hydroxyl groups is 1. The van der Waals surface area contributed by atoms with Gasteiger partial charge in [0.25, 0.3) is 0 Å². The van der Waals surface area contributed by atoms with Crippen molar-refractivity contribution in [2.75, 3.05) is 25.6 Å². The largest absolute Gasteiger partial charge is 0.506 e. The van der Waals surface area contributed by atoms with Crippen molar-refractivity contribution in [3.8, 4) is 17.2 Å². The van der Waals surface area contributed by atoms with E-state index in [1.807, 2.05) is 32.0 Å². The molecule has 0 heterocycles. The lowest BCUT2D eigenvalue weighted by Crippen LogP contribution is -2.30. The third-order valence-electron chi connectivity index (χ3n) is 3.63. The molecule has 2 rings (SSSR count). The topological polar surface area (TPSA) is 79.8 Å². The van der Waals surface area contributed by atoms with E-state index in [4.69, 9.17) is 9.47 Å². The van der Waals surface area contributed by atoms with Crippen molar-refractivity contribution >= 4 is 11.7 Å². The van der Waals surface area contributed by atoms with Gasteiger partial charge in [0.15, 0.2) is 11.5 Å². The van der Waals surface area contributed by atoms with Crippen LogP contribution in [0, 0.1) is 6.92 Å². The third-order valence-corrected chi connectivity index (χ3v) is 3.63. The Morgan fingerprint density at radius 2 is 1.96 bits per heavy atom. The van der Waals surface area contributed by atoms with Gasteiger partial charge >= 0.3 is 6.03 Å². The summed E-state index contributed by atoms with van der Waals surface area (Å²) in [7, 11) is 1.60. The summed E-state index contributed by atoms with van der Waals surface area (Å²) in [6.45, 7) is 4.84. The van der Waals surface area contributed by atoms with Gasteiger partial charge in [0.1, 0.15) is 5.75 Å². The summed E-state index contributed by atoms with van der Waals surface area (Å²) in [5, 5.41) is 15.2. The lowest BCUT2D eigenvalue weighted by molar-refractivity contribution is 0.252. The summed E-state index contributed by atoms with van der Waals surface area (Å²) in [5.74, 6) is 1.42. The third kappa shape index (κ3) is 5.31. The summed E-state index contributed by atoms with van der Waals surface area (Å²) in [5.41, 5.74) is 2.37. The predicted octanol–water partition coefficient (Wildman–Crippen LogP) is 3.47. The number of hydrogen-bond acceptors (Lipinski definition) is 4. The minimum absolute atomic E-state index is 0.0389. The van der Waals surface area contributed by atoms with E-state index >= 15 is 0 Å². The van der Waals surface area contributed by atoms with Gasteiger partial charge in [-0.25, -0.2) is 4.79 Å². The maximum absolute atomic E-state index is 12.0. The van der Waals surface area contributed by atoms with E-state index < -0.39 is 0 Å². The quantitative estimate of drug-likeness (QED) is 0.672. The number of benzene rings is 2. The molecule has 0 saturated heterocycles. The molecule has 0 aliphatic rings. The predicted molar refractivity (Wildman–Crippen MR) is 97.7 cm³/mol. The van der Waals surface area contributed by atoms with Crippen molar-refractivity contribution in [3.05, 3.63) is 47.5 Å². The van der Waals surface area contributed by atoms with Crippen LogP contribution in [0.25, 0.3) is 0 Å². The number of carbonyl (C=O) groups excluding carboxylic acids is 1. The normalized spacial score (nSPS) is 10.2. The summed E-state index contributed by atoms with van der Waals surface area (Å²) in [4.78, 5) is 12.0. The van der Waals surface area contributed by atoms with E-state index in [-0.39, 0.29) is 11.8 Å². The highest BCUT2D eigenvalue weighted by Gasteiger charge is 2.08. The molecule has 2 amide bonds. The van der Waals surface area contributed by atoms with Crippen molar-refractivity contribution in [3.63, 3.8) is 0 Å². The molecule has 0 spiro atoms. The average molecular weight is 344 g/mol. The molecule has 25 heavy (non-hydrogen) atoms. The number of nitrogens with one attached hydrogen (secondary N) is 2. The van der Waals surface area contributed by atoms with Crippen LogP contribution in [0.5, 0.6) is 17.2 Å². The van der Waals surface area contributed by atoms with Gasteiger partial charge in [0.05, 0.1) is 19.4 Å². The molecular weight excluding hydrogens is 320 g/mol. The Kier molecular flexibility index (Phi) is 6.51. The Morgan fingerprint density at radius 3 is 2.68 bits per heavy atom. The SMILES string of the molecule is CCOc1ccc(CCNC(=O)Nc2cc(C)ccc2O)cc1OC. The minimum atomic E-state index is -0.362. The maximum atomic E-state index is 12.0. The molecule has 3 N–H and O–H groups in total. The second-order valence-electron chi connectivity index (χ2n) is 5.57. The number of urea groups is 1. The van der Waals surface area contributed by atoms with Gasteiger partial charge in [0.2, 0.25) is 0 Å². The van der Waals surface area contributed by atoms with Crippen molar-refractivity contribution in [1.29, 1.82) is 0 Å². The van der Waals surface area contributed by atoms with Crippen LogP contribution in [0.1, 0.15) is 18.1 Å².